The first-order valence-corrected chi connectivity index (χ1v) is 9.71. The number of nitrogens with one attached hydrogen (secondary N) is 1. The van der Waals surface area contributed by atoms with Crippen molar-refractivity contribution in [3.63, 3.8) is 0 Å². The monoisotopic (exact) mass is 408 g/mol. The van der Waals surface area contributed by atoms with Crippen molar-refractivity contribution in [2.24, 2.45) is 0 Å². The number of methoxy groups -OCH3 is 1. The number of carbonyl (C=O) groups is 2. The van der Waals surface area contributed by atoms with Crippen LogP contribution in [0.25, 0.3) is 0 Å². The van der Waals surface area contributed by atoms with Crippen LogP contribution in [0.15, 0.2) is 47.4 Å². The van der Waals surface area contributed by atoms with Gasteiger partial charge in [0, 0.05) is 17.5 Å². The van der Waals surface area contributed by atoms with Gasteiger partial charge in [0.25, 0.3) is 0 Å². The molecule has 0 aliphatic carbocycles. The van der Waals surface area contributed by atoms with Gasteiger partial charge in [-0.3, -0.25) is 9.59 Å². The Labute approximate surface area is 167 Å². The molecule has 150 valence electrons. The van der Waals surface area contributed by atoms with Gasteiger partial charge >= 0.3 is 0 Å². The Morgan fingerprint density at radius 3 is 2.61 bits per heavy atom. The van der Waals surface area contributed by atoms with E-state index in [0.717, 1.165) is 23.9 Å². The molecule has 0 unspecified atom stereocenters. The number of rotatable bonds is 9. The van der Waals surface area contributed by atoms with E-state index >= 15 is 0 Å². The van der Waals surface area contributed by atoms with Crippen molar-refractivity contribution in [1.29, 1.82) is 0 Å². The zero-order valence-corrected chi connectivity index (χ0v) is 16.5. The highest BCUT2D eigenvalue weighted by atomic mass is 32.2. The second-order valence-corrected chi connectivity index (χ2v) is 6.94. The number of thioether (sulfide) groups is 1. The first-order valence-electron chi connectivity index (χ1n) is 8.73. The smallest absolute Gasteiger partial charge is 0.244 e. The lowest BCUT2D eigenvalue weighted by Gasteiger charge is -2.22. The largest absolute Gasteiger partial charge is 0.495 e. The van der Waals surface area contributed by atoms with E-state index in [4.69, 9.17) is 4.74 Å². The fourth-order valence-electron chi connectivity index (χ4n) is 2.50. The van der Waals surface area contributed by atoms with Gasteiger partial charge in [-0.15, -0.1) is 11.8 Å². The number of anilines is 1. The third-order valence-corrected chi connectivity index (χ3v) is 4.84. The molecular formula is C20H22F2N2O3S. The highest BCUT2D eigenvalue weighted by Crippen LogP contribution is 2.24. The van der Waals surface area contributed by atoms with Crippen LogP contribution in [-0.4, -0.2) is 42.7 Å². The zero-order chi connectivity index (χ0) is 20.5. The zero-order valence-electron chi connectivity index (χ0n) is 15.7. The Morgan fingerprint density at radius 1 is 1.18 bits per heavy atom. The predicted octanol–water partition coefficient (Wildman–Crippen LogP) is 3.94. The van der Waals surface area contributed by atoms with Gasteiger partial charge in [0.1, 0.15) is 17.4 Å². The van der Waals surface area contributed by atoms with Crippen LogP contribution in [0.2, 0.25) is 0 Å². The summed E-state index contributed by atoms with van der Waals surface area (Å²) in [5.41, 5.74) is 0.515. The van der Waals surface area contributed by atoms with Gasteiger partial charge < -0.3 is 15.0 Å². The van der Waals surface area contributed by atoms with Gasteiger partial charge in [0.15, 0.2) is 0 Å². The molecule has 0 aliphatic rings. The molecule has 2 aromatic carbocycles. The molecule has 0 radical (unpaired) electrons. The maximum atomic E-state index is 13.7. The molecule has 0 aliphatic heterocycles. The molecule has 5 nitrogen and oxygen atoms in total. The summed E-state index contributed by atoms with van der Waals surface area (Å²) in [4.78, 5) is 26.5. The van der Waals surface area contributed by atoms with Crippen molar-refractivity contribution < 1.29 is 23.1 Å². The molecule has 0 fully saturated rings. The quantitative estimate of drug-likeness (QED) is 0.639. The third-order valence-electron chi connectivity index (χ3n) is 3.81. The number of benzene rings is 2. The summed E-state index contributed by atoms with van der Waals surface area (Å²) < 4.78 is 31.9. The molecule has 2 aromatic rings. The van der Waals surface area contributed by atoms with Crippen molar-refractivity contribution in [2.75, 3.05) is 31.3 Å². The van der Waals surface area contributed by atoms with Crippen LogP contribution < -0.4 is 10.1 Å². The Morgan fingerprint density at radius 2 is 1.93 bits per heavy atom. The molecule has 0 spiro atoms. The number of hydrogen-bond acceptors (Lipinski definition) is 4. The Balaban J connectivity index is 1.97. The summed E-state index contributed by atoms with van der Waals surface area (Å²) in [6, 6.07) is 10.2. The average molecular weight is 408 g/mol. The predicted molar refractivity (Wildman–Crippen MR) is 106 cm³/mol. The van der Waals surface area contributed by atoms with Crippen molar-refractivity contribution in [3.8, 4) is 5.75 Å². The number of para-hydroxylation sites is 2. The summed E-state index contributed by atoms with van der Waals surface area (Å²) in [6.45, 7) is 2.16. The number of amides is 2. The molecule has 0 saturated carbocycles. The number of nitrogens with zero attached hydrogens (tertiary/aromatic N) is 1. The van der Waals surface area contributed by atoms with Crippen molar-refractivity contribution in [1.82, 2.24) is 4.90 Å². The molecule has 0 heterocycles. The first-order chi connectivity index (χ1) is 13.4. The third kappa shape index (κ3) is 6.23. The van der Waals surface area contributed by atoms with E-state index in [0.29, 0.717) is 24.4 Å². The maximum Gasteiger partial charge on any atom is 0.244 e. The van der Waals surface area contributed by atoms with Gasteiger partial charge in [-0.2, -0.15) is 0 Å². The molecule has 28 heavy (non-hydrogen) atoms. The van der Waals surface area contributed by atoms with Crippen LogP contribution in [0, 0.1) is 11.6 Å². The molecule has 0 saturated heterocycles. The Bertz CT molecular complexity index is 833. The topological polar surface area (TPSA) is 58.6 Å². The van der Waals surface area contributed by atoms with Crippen LogP contribution in [0.5, 0.6) is 5.75 Å². The van der Waals surface area contributed by atoms with Gasteiger partial charge in [-0.1, -0.05) is 19.1 Å². The molecule has 2 rings (SSSR count). The molecule has 0 aromatic heterocycles. The second-order valence-electron chi connectivity index (χ2n) is 5.93. The van der Waals surface area contributed by atoms with E-state index in [1.807, 2.05) is 6.92 Å². The standard InChI is InChI=1S/C20H22F2N2O3S/c1-3-10-24(12-19(25)23-16-6-4-5-7-17(16)27-2)20(26)13-28-18-9-8-14(21)11-15(18)22/h4-9,11H,3,10,12-13H2,1-2H3,(H,23,25). The highest BCUT2D eigenvalue weighted by molar-refractivity contribution is 8.00. The summed E-state index contributed by atoms with van der Waals surface area (Å²) in [6.07, 6.45) is 0.670. The summed E-state index contributed by atoms with van der Waals surface area (Å²) >= 11 is 0.971. The van der Waals surface area contributed by atoms with Gasteiger partial charge in [0.2, 0.25) is 11.8 Å². The highest BCUT2D eigenvalue weighted by Gasteiger charge is 2.18. The fourth-order valence-corrected chi connectivity index (χ4v) is 3.32. The molecule has 0 atom stereocenters. The molecule has 8 heteroatoms. The lowest BCUT2D eigenvalue weighted by Crippen LogP contribution is -2.39. The van der Waals surface area contributed by atoms with E-state index in [9.17, 15) is 18.4 Å². The minimum absolute atomic E-state index is 0.0511. The second kappa shape index (κ2) is 10.7. The minimum atomic E-state index is -0.714. The van der Waals surface area contributed by atoms with Crippen LogP contribution >= 0.6 is 11.8 Å². The van der Waals surface area contributed by atoms with Crippen molar-refractivity contribution >= 4 is 29.3 Å². The summed E-state index contributed by atoms with van der Waals surface area (Å²) in [5.74, 6) is -1.58. The first kappa shape index (κ1) is 21.7. The molecule has 0 bridgehead atoms. The summed E-state index contributed by atoms with van der Waals surface area (Å²) in [5, 5.41) is 2.73. The number of hydrogen-bond donors (Lipinski definition) is 1. The van der Waals surface area contributed by atoms with E-state index in [1.165, 1.54) is 18.1 Å². The summed E-state index contributed by atoms with van der Waals surface area (Å²) in [7, 11) is 1.50. The van der Waals surface area contributed by atoms with E-state index in [-0.39, 0.29) is 29.0 Å². The van der Waals surface area contributed by atoms with E-state index in [2.05, 4.69) is 5.32 Å². The lowest BCUT2D eigenvalue weighted by molar-refractivity contribution is -0.132. The van der Waals surface area contributed by atoms with E-state index in [1.54, 1.807) is 24.3 Å². The SMILES string of the molecule is CCCN(CC(=O)Nc1ccccc1OC)C(=O)CSc1ccc(F)cc1F. The van der Waals surface area contributed by atoms with Gasteiger partial charge in [-0.25, -0.2) is 8.78 Å². The normalized spacial score (nSPS) is 10.4. The molecule has 1 N–H and O–H groups in total. The van der Waals surface area contributed by atoms with Gasteiger partial charge in [-0.05, 0) is 30.7 Å². The maximum absolute atomic E-state index is 13.7. The van der Waals surface area contributed by atoms with Crippen LogP contribution in [0.4, 0.5) is 14.5 Å². The number of carbonyl (C=O) groups excluding carboxylic acids is 2. The Hall–Kier alpha value is -2.61. The minimum Gasteiger partial charge on any atom is -0.495 e. The van der Waals surface area contributed by atoms with Crippen molar-refractivity contribution in [3.05, 3.63) is 54.1 Å². The van der Waals surface area contributed by atoms with Crippen LogP contribution in [-0.2, 0) is 9.59 Å². The van der Waals surface area contributed by atoms with E-state index < -0.39 is 11.6 Å². The van der Waals surface area contributed by atoms with Crippen LogP contribution in [0.3, 0.4) is 0 Å². The average Bonchev–Trinajstić information content (AvgIpc) is 2.67. The molecule has 2 amide bonds. The van der Waals surface area contributed by atoms with Crippen molar-refractivity contribution in [2.45, 2.75) is 18.2 Å². The lowest BCUT2D eigenvalue weighted by atomic mass is 10.3. The Kier molecular flexibility index (Phi) is 8.25. The number of halogens is 2. The fraction of sp³-hybridized carbons (Fsp3) is 0.300. The molecular weight excluding hydrogens is 386 g/mol. The van der Waals surface area contributed by atoms with Crippen LogP contribution in [0.1, 0.15) is 13.3 Å². The van der Waals surface area contributed by atoms with Gasteiger partial charge in [0.05, 0.1) is 25.1 Å². The number of ether oxygens (including phenoxy) is 1.